The molecule has 0 spiro atoms. The topological polar surface area (TPSA) is 0 Å². The Morgan fingerprint density at radius 2 is 1.69 bits per heavy atom. The van der Waals surface area contributed by atoms with Gasteiger partial charge in [-0.05, 0) is 18.3 Å². The van der Waals surface area contributed by atoms with Gasteiger partial charge < -0.3 is 0 Å². The first-order chi connectivity index (χ1) is 6.29. The maximum atomic E-state index is 2.31. The first-order valence-corrected chi connectivity index (χ1v) is 5.64. The second-order valence-electron chi connectivity index (χ2n) is 4.47. The van der Waals surface area contributed by atoms with E-state index in [4.69, 9.17) is 0 Å². The molecule has 0 amide bonds. The first kappa shape index (κ1) is 10.6. The highest BCUT2D eigenvalue weighted by molar-refractivity contribution is 5.17. The van der Waals surface area contributed by atoms with Gasteiger partial charge in [-0.2, -0.15) is 0 Å². The summed E-state index contributed by atoms with van der Waals surface area (Å²) in [5, 5.41) is 0. The molecule has 0 aromatic carbocycles. The molecule has 0 radical (unpaired) electrons. The molecule has 0 heteroatoms. The van der Waals surface area contributed by atoms with Gasteiger partial charge in [0.05, 0.1) is 0 Å². The third-order valence-corrected chi connectivity index (χ3v) is 2.65. The van der Waals surface area contributed by atoms with Crippen molar-refractivity contribution in [2.24, 2.45) is 11.8 Å². The molecule has 13 heavy (non-hydrogen) atoms. The van der Waals surface area contributed by atoms with Gasteiger partial charge in [-0.15, -0.1) is 0 Å². The summed E-state index contributed by atoms with van der Waals surface area (Å²) in [5.41, 5.74) is 0. The fraction of sp³-hybridized carbons (Fsp3) is 0.692. The van der Waals surface area contributed by atoms with Gasteiger partial charge in [-0.1, -0.05) is 63.8 Å². The Labute approximate surface area is 82.7 Å². The normalized spacial score (nSPS) is 16.2. The van der Waals surface area contributed by atoms with Crippen LogP contribution in [-0.2, 0) is 0 Å². The van der Waals surface area contributed by atoms with Crippen molar-refractivity contribution in [1.82, 2.24) is 0 Å². The van der Waals surface area contributed by atoms with Crippen molar-refractivity contribution in [3.05, 3.63) is 24.3 Å². The molecule has 0 saturated heterocycles. The Kier molecular flexibility index (Phi) is 4.88. The van der Waals surface area contributed by atoms with E-state index in [0.29, 0.717) is 0 Å². The van der Waals surface area contributed by atoms with E-state index in [2.05, 4.69) is 38.2 Å². The van der Waals surface area contributed by atoms with Crippen molar-refractivity contribution in [3.8, 4) is 0 Å². The molecule has 0 saturated carbocycles. The monoisotopic (exact) mass is 178 g/mol. The van der Waals surface area contributed by atoms with Crippen LogP contribution < -0.4 is 0 Å². The van der Waals surface area contributed by atoms with Crippen LogP contribution in [0.4, 0.5) is 0 Å². The van der Waals surface area contributed by atoms with Gasteiger partial charge >= 0.3 is 0 Å². The van der Waals surface area contributed by atoms with Crippen LogP contribution in [0.5, 0.6) is 0 Å². The Balaban J connectivity index is 1.89. The minimum atomic E-state index is 0.749. The lowest BCUT2D eigenvalue weighted by Gasteiger charge is -2.06. The number of hydrogen-bond donors (Lipinski definition) is 0. The molecular formula is C13H22. The molecule has 0 atom stereocenters. The molecule has 0 unspecified atom stereocenters. The minimum Gasteiger partial charge on any atom is -0.0776 e. The van der Waals surface area contributed by atoms with Gasteiger partial charge in [0, 0.05) is 0 Å². The Morgan fingerprint density at radius 1 is 1.00 bits per heavy atom. The van der Waals surface area contributed by atoms with E-state index in [-0.39, 0.29) is 0 Å². The molecule has 0 aliphatic heterocycles. The van der Waals surface area contributed by atoms with Crippen molar-refractivity contribution in [1.29, 1.82) is 0 Å². The van der Waals surface area contributed by atoms with E-state index in [0.717, 1.165) is 11.8 Å². The smallest absolute Gasteiger partial charge is 0.00473 e. The molecule has 1 rings (SSSR count). The fourth-order valence-electron chi connectivity index (χ4n) is 1.78. The van der Waals surface area contributed by atoms with Crippen LogP contribution in [-0.4, -0.2) is 0 Å². The van der Waals surface area contributed by atoms with Crippen LogP contribution in [0.3, 0.4) is 0 Å². The summed E-state index contributed by atoms with van der Waals surface area (Å²) in [6, 6.07) is 0. The molecule has 0 N–H and O–H groups in total. The van der Waals surface area contributed by atoms with Gasteiger partial charge in [0.15, 0.2) is 0 Å². The van der Waals surface area contributed by atoms with Crippen molar-refractivity contribution in [2.45, 2.75) is 46.0 Å². The third kappa shape index (κ3) is 4.92. The van der Waals surface area contributed by atoms with Crippen molar-refractivity contribution in [3.63, 3.8) is 0 Å². The number of allylic oxidation sites excluding steroid dienone is 4. The van der Waals surface area contributed by atoms with E-state index in [1.807, 2.05) is 0 Å². The van der Waals surface area contributed by atoms with Crippen molar-refractivity contribution >= 4 is 0 Å². The minimum absolute atomic E-state index is 0.749. The third-order valence-electron chi connectivity index (χ3n) is 2.65. The van der Waals surface area contributed by atoms with Gasteiger partial charge in [0.1, 0.15) is 0 Å². The lowest BCUT2D eigenvalue weighted by molar-refractivity contribution is 0.510. The molecule has 0 nitrogen and oxygen atoms in total. The fourth-order valence-corrected chi connectivity index (χ4v) is 1.78. The summed E-state index contributed by atoms with van der Waals surface area (Å²) < 4.78 is 0. The summed E-state index contributed by atoms with van der Waals surface area (Å²) >= 11 is 0. The molecule has 0 heterocycles. The summed E-state index contributed by atoms with van der Waals surface area (Å²) in [5.74, 6) is 1.63. The highest BCUT2D eigenvalue weighted by Crippen LogP contribution is 2.18. The largest absolute Gasteiger partial charge is 0.0776 e. The van der Waals surface area contributed by atoms with Gasteiger partial charge in [0.25, 0.3) is 0 Å². The van der Waals surface area contributed by atoms with E-state index in [9.17, 15) is 0 Å². The molecule has 1 aliphatic carbocycles. The van der Waals surface area contributed by atoms with E-state index in [1.54, 1.807) is 0 Å². The summed E-state index contributed by atoms with van der Waals surface area (Å²) in [7, 11) is 0. The molecule has 0 fully saturated rings. The molecule has 74 valence electrons. The van der Waals surface area contributed by atoms with Crippen LogP contribution in [0.25, 0.3) is 0 Å². The quantitative estimate of drug-likeness (QED) is 0.531. The maximum absolute atomic E-state index is 2.31. The van der Waals surface area contributed by atoms with Crippen LogP contribution in [0.2, 0.25) is 0 Å². The van der Waals surface area contributed by atoms with Gasteiger partial charge in [-0.25, -0.2) is 0 Å². The number of rotatable bonds is 6. The van der Waals surface area contributed by atoms with Gasteiger partial charge in [0.2, 0.25) is 0 Å². The Hall–Kier alpha value is -0.520. The van der Waals surface area contributed by atoms with Crippen molar-refractivity contribution in [2.75, 3.05) is 0 Å². The highest BCUT2D eigenvalue weighted by atomic mass is 14.1. The SMILES string of the molecule is CC(C)CCCCCC1C=CC=C1. The van der Waals surface area contributed by atoms with Crippen LogP contribution >= 0.6 is 0 Å². The first-order valence-electron chi connectivity index (χ1n) is 5.64. The predicted octanol–water partition coefficient (Wildman–Crippen LogP) is 4.34. The molecule has 0 bridgehead atoms. The van der Waals surface area contributed by atoms with Crippen LogP contribution in [0, 0.1) is 11.8 Å². The summed E-state index contributed by atoms with van der Waals surface area (Å²) in [6.07, 6.45) is 15.9. The number of unbranched alkanes of at least 4 members (excludes halogenated alkanes) is 2. The molecule has 1 aliphatic rings. The number of hydrogen-bond acceptors (Lipinski definition) is 0. The zero-order chi connectivity index (χ0) is 9.52. The lowest BCUT2D eigenvalue weighted by atomic mass is 10.00. The average molecular weight is 178 g/mol. The van der Waals surface area contributed by atoms with Crippen LogP contribution in [0.1, 0.15) is 46.0 Å². The zero-order valence-corrected chi connectivity index (χ0v) is 9.00. The van der Waals surface area contributed by atoms with Gasteiger partial charge in [-0.3, -0.25) is 0 Å². The second kappa shape index (κ2) is 6.01. The Morgan fingerprint density at radius 3 is 2.31 bits per heavy atom. The second-order valence-corrected chi connectivity index (χ2v) is 4.47. The van der Waals surface area contributed by atoms with Crippen molar-refractivity contribution < 1.29 is 0 Å². The van der Waals surface area contributed by atoms with E-state index >= 15 is 0 Å². The molecular weight excluding hydrogens is 156 g/mol. The maximum Gasteiger partial charge on any atom is -0.00473 e. The van der Waals surface area contributed by atoms with Crippen LogP contribution in [0.15, 0.2) is 24.3 Å². The summed E-state index contributed by atoms with van der Waals surface area (Å²) in [4.78, 5) is 0. The standard InChI is InChI=1S/C13H22/c1-12(2)8-4-3-5-9-13-10-6-7-11-13/h6-7,10-13H,3-5,8-9H2,1-2H3. The summed E-state index contributed by atoms with van der Waals surface area (Å²) in [6.45, 7) is 4.62. The predicted molar refractivity (Wildman–Crippen MR) is 59.7 cm³/mol. The van der Waals surface area contributed by atoms with E-state index < -0.39 is 0 Å². The Bertz CT molecular complexity index is 162. The zero-order valence-electron chi connectivity index (χ0n) is 9.00. The molecule has 0 aromatic rings. The average Bonchev–Trinajstić information content (AvgIpc) is 2.55. The van der Waals surface area contributed by atoms with E-state index in [1.165, 1.54) is 32.1 Å². The lowest BCUT2D eigenvalue weighted by Crippen LogP contribution is -1.91. The highest BCUT2D eigenvalue weighted by Gasteiger charge is 2.02. The molecule has 0 aromatic heterocycles.